The summed E-state index contributed by atoms with van der Waals surface area (Å²) in [6, 6.07) is 12.8. The number of nitrogens with zero attached hydrogens (tertiary/aromatic N) is 1. The molecule has 1 atom stereocenters. The second-order valence-electron chi connectivity index (χ2n) is 7.41. The fourth-order valence-corrected chi connectivity index (χ4v) is 3.37. The highest BCUT2D eigenvalue weighted by Gasteiger charge is 2.49. The number of hydrogen-bond acceptors (Lipinski definition) is 4. The van der Waals surface area contributed by atoms with Crippen LogP contribution in [0.4, 0.5) is 4.79 Å². The normalized spacial score (nSPS) is 19.1. The zero-order chi connectivity index (χ0) is 20.5. The summed E-state index contributed by atoms with van der Waals surface area (Å²) < 4.78 is 10.6. The van der Waals surface area contributed by atoms with Gasteiger partial charge in [-0.15, -0.1) is 0 Å². The molecule has 0 saturated carbocycles. The van der Waals surface area contributed by atoms with Crippen LogP contribution >= 0.6 is 0 Å². The number of nitrogens with one attached hydrogen (secondary N) is 1. The van der Waals surface area contributed by atoms with Crippen molar-refractivity contribution < 1.29 is 19.1 Å². The Morgan fingerprint density at radius 2 is 1.64 bits per heavy atom. The van der Waals surface area contributed by atoms with E-state index in [9.17, 15) is 9.59 Å². The predicted molar refractivity (Wildman–Crippen MR) is 107 cm³/mol. The number of ether oxygens (including phenoxy) is 2. The molecule has 0 spiro atoms. The number of urea groups is 1. The van der Waals surface area contributed by atoms with Crippen LogP contribution in [0.2, 0.25) is 0 Å². The highest BCUT2D eigenvalue weighted by Crippen LogP contribution is 2.35. The Hall–Kier alpha value is -3.02. The molecule has 2 aromatic carbocycles. The molecule has 0 aromatic heterocycles. The molecular formula is C22H26N2O4. The summed E-state index contributed by atoms with van der Waals surface area (Å²) in [5.41, 5.74) is 1.61. The number of methoxy groups -OCH3 is 2. The van der Waals surface area contributed by atoms with Gasteiger partial charge in [0, 0.05) is 0 Å². The Bertz CT molecular complexity index is 892. The third-order valence-corrected chi connectivity index (χ3v) is 5.22. The van der Waals surface area contributed by atoms with Crippen LogP contribution in [-0.2, 0) is 16.9 Å². The molecule has 3 amide bonds. The SMILES string of the molecule is COc1ccc(C2(C)NC(=O)N(Cc3ccc(C(C)C)cc3)C2=O)cc1OC. The maximum atomic E-state index is 13.1. The van der Waals surface area contributed by atoms with Gasteiger partial charge in [-0.3, -0.25) is 9.69 Å². The second kappa shape index (κ2) is 7.54. The molecule has 148 valence electrons. The zero-order valence-electron chi connectivity index (χ0n) is 16.9. The molecule has 0 bridgehead atoms. The van der Waals surface area contributed by atoms with Crippen molar-refractivity contribution in [3.05, 3.63) is 59.2 Å². The summed E-state index contributed by atoms with van der Waals surface area (Å²) >= 11 is 0. The molecule has 1 unspecified atom stereocenters. The summed E-state index contributed by atoms with van der Waals surface area (Å²) in [5.74, 6) is 1.21. The van der Waals surface area contributed by atoms with E-state index in [0.29, 0.717) is 23.0 Å². The van der Waals surface area contributed by atoms with E-state index in [0.717, 1.165) is 5.56 Å². The Kier molecular flexibility index (Phi) is 5.31. The van der Waals surface area contributed by atoms with Crippen molar-refractivity contribution in [1.82, 2.24) is 10.2 Å². The Labute approximate surface area is 165 Å². The highest BCUT2D eigenvalue weighted by molar-refractivity contribution is 6.07. The zero-order valence-corrected chi connectivity index (χ0v) is 16.9. The molecule has 1 aliphatic rings. The average Bonchev–Trinajstić information content (AvgIpc) is 2.91. The van der Waals surface area contributed by atoms with Crippen molar-refractivity contribution in [2.24, 2.45) is 0 Å². The summed E-state index contributed by atoms with van der Waals surface area (Å²) in [7, 11) is 3.08. The number of carbonyl (C=O) groups is 2. The molecule has 1 saturated heterocycles. The standard InChI is InChI=1S/C22H26N2O4/c1-14(2)16-8-6-15(7-9-16)13-24-20(25)22(3,23-21(24)26)17-10-11-18(27-4)19(12-17)28-5/h6-12,14H,13H2,1-5H3,(H,23,26). The lowest BCUT2D eigenvalue weighted by atomic mass is 9.91. The van der Waals surface area contributed by atoms with E-state index >= 15 is 0 Å². The van der Waals surface area contributed by atoms with Crippen LogP contribution in [0.1, 0.15) is 43.4 Å². The fourth-order valence-electron chi connectivity index (χ4n) is 3.37. The highest BCUT2D eigenvalue weighted by atomic mass is 16.5. The van der Waals surface area contributed by atoms with E-state index in [2.05, 4.69) is 19.2 Å². The summed E-state index contributed by atoms with van der Waals surface area (Å²) in [4.78, 5) is 27.0. The second-order valence-corrected chi connectivity index (χ2v) is 7.41. The van der Waals surface area contributed by atoms with Gasteiger partial charge >= 0.3 is 6.03 Å². The lowest BCUT2D eigenvalue weighted by molar-refractivity contribution is -0.131. The van der Waals surface area contributed by atoms with Crippen LogP contribution in [-0.4, -0.2) is 31.1 Å². The lowest BCUT2D eigenvalue weighted by Gasteiger charge is -2.23. The van der Waals surface area contributed by atoms with Crippen molar-refractivity contribution in [1.29, 1.82) is 0 Å². The first kappa shape index (κ1) is 19.7. The number of carbonyl (C=O) groups excluding carboxylic acids is 2. The minimum Gasteiger partial charge on any atom is -0.493 e. The smallest absolute Gasteiger partial charge is 0.325 e. The van der Waals surface area contributed by atoms with Gasteiger partial charge in [0.2, 0.25) is 0 Å². The molecule has 3 rings (SSSR count). The third kappa shape index (κ3) is 3.42. The maximum absolute atomic E-state index is 13.1. The van der Waals surface area contributed by atoms with Gasteiger partial charge in [0.05, 0.1) is 20.8 Å². The molecule has 1 fully saturated rings. The van der Waals surface area contributed by atoms with Crippen molar-refractivity contribution in [3.63, 3.8) is 0 Å². The van der Waals surface area contributed by atoms with Crippen molar-refractivity contribution in [2.45, 2.75) is 38.8 Å². The largest absolute Gasteiger partial charge is 0.493 e. The van der Waals surface area contributed by atoms with Gasteiger partial charge in [0.1, 0.15) is 5.54 Å². The van der Waals surface area contributed by atoms with E-state index in [1.165, 1.54) is 17.6 Å². The Morgan fingerprint density at radius 1 is 1.00 bits per heavy atom. The van der Waals surface area contributed by atoms with Crippen LogP contribution in [0.25, 0.3) is 0 Å². The van der Waals surface area contributed by atoms with Crippen molar-refractivity contribution in [2.75, 3.05) is 14.2 Å². The monoisotopic (exact) mass is 382 g/mol. The van der Waals surface area contributed by atoms with E-state index in [-0.39, 0.29) is 12.5 Å². The number of hydrogen-bond donors (Lipinski definition) is 1. The first-order valence-electron chi connectivity index (χ1n) is 9.25. The van der Waals surface area contributed by atoms with Gasteiger partial charge in [0.15, 0.2) is 11.5 Å². The number of imide groups is 1. The van der Waals surface area contributed by atoms with Crippen LogP contribution in [0.5, 0.6) is 11.5 Å². The topological polar surface area (TPSA) is 67.9 Å². The van der Waals surface area contributed by atoms with Gasteiger partial charge in [-0.25, -0.2) is 4.79 Å². The van der Waals surface area contributed by atoms with E-state index in [1.807, 2.05) is 24.3 Å². The summed E-state index contributed by atoms with van der Waals surface area (Å²) in [5, 5.41) is 2.83. The molecule has 0 aliphatic carbocycles. The quantitative estimate of drug-likeness (QED) is 0.772. The van der Waals surface area contributed by atoms with Crippen molar-refractivity contribution >= 4 is 11.9 Å². The van der Waals surface area contributed by atoms with Gasteiger partial charge in [-0.2, -0.15) is 0 Å². The van der Waals surface area contributed by atoms with E-state index in [4.69, 9.17) is 9.47 Å². The third-order valence-electron chi connectivity index (χ3n) is 5.22. The first-order valence-corrected chi connectivity index (χ1v) is 9.25. The molecule has 1 N–H and O–H groups in total. The number of benzene rings is 2. The number of rotatable bonds is 6. The molecule has 0 radical (unpaired) electrons. The van der Waals surface area contributed by atoms with Gasteiger partial charge in [-0.05, 0) is 41.7 Å². The number of amides is 3. The van der Waals surface area contributed by atoms with Gasteiger partial charge in [-0.1, -0.05) is 44.2 Å². The van der Waals surface area contributed by atoms with Crippen LogP contribution in [0, 0.1) is 0 Å². The average molecular weight is 382 g/mol. The van der Waals surface area contributed by atoms with E-state index in [1.54, 1.807) is 32.2 Å². The Morgan fingerprint density at radius 3 is 2.21 bits per heavy atom. The summed E-state index contributed by atoms with van der Waals surface area (Å²) in [6.07, 6.45) is 0. The Balaban J connectivity index is 1.86. The molecule has 6 nitrogen and oxygen atoms in total. The lowest BCUT2D eigenvalue weighted by Crippen LogP contribution is -2.40. The minimum absolute atomic E-state index is 0.228. The minimum atomic E-state index is -1.16. The predicted octanol–water partition coefficient (Wildman–Crippen LogP) is 3.79. The molecule has 6 heteroatoms. The maximum Gasteiger partial charge on any atom is 0.325 e. The fraction of sp³-hybridized carbons (Fsp3) is 0.364. The molecule has 2 aromatic rings. The van der Waals surface area contributed by atoms with Gasteiger partial charge < -0.3 is 14.8 Å². The van der Waals surface area contributed by atoms with Crippen LogP contribution in [0.3, 0.4) is 0 Å². The van der Waals surface area contributed by atoms with Crippen molar-refractivity contribution in [3.8, 4) is 11.5 Å². The first-order chi connectivity index (χ1) is 13.3. The molecule has 28 heavy (non-hydrogen) atoms. The van der Waals surface area contributed by atoms with Crippen LogP contribution < -0.4 is 14.8 Å². The summed E-state index contributed by atoms with van der Waals surface area (Å²) in [6.45, 7) is 6.18. The molecule has 1 aliphatic heterocycles. The van der Waals surface area contributed by atoms with Crippen LogP contribution in [0.15, 0.2) is 42.5 Å². The van der Waals surface area contributed by atoms with Gasteiger partial charge in [0.25, 0.3) is 5.91 Å². The van der Waals surface area contributed by atoms with E-state index < -0.39 is 11.6 Å². The molecule has 1 heterocycles. The molecular weight excluding hydrogens is 356 g/mol.